The van der Waals surface area contributed by atoms with E-state index in [1.807, 2.05) is 66.7 Å². The first kappa shape index (κ1) is 18.3. The van der Waals surface area contributed by atoms with Gasteiger partial charge in [-0.1, -0.05) is 66.7 Å². The molecule has 1 aliphatic rings. The fraction of sp³-hybridized carbons (Fsp3) is 0.208. The Bertz CT molecular complexity index is 924. The second-order valence-corrected chi connectivity index (χ2v) is 7.40. The molecule has 0 aromatic heterocycles. The molecule has 1 amide bonds. The Morgan fingerprint density at radius 3 is 2.00 bits per heavy atom. The molecule has 1 atom stereocenters. The number of quaternary nitrogens is 1. The monoisotopic (exact) mass is 373 g/mol. The molecule has 1 aliphatic heterocycles. The van der Waals surface area contributed by atoms with E-state index in [1.165, 1.54) is 10.5 Å². The van der Waals surface area contributed by atoms with Crippen molar-refractivity contribution in [3.63, 3.8) is 0 Å². The number of carbonyl (C=O) groups excluding carboxylic acids is 1. The molecule has 2 N–H and O–H groups in total. The van der Waals surface area contributed by atoms with Gasteiger partial charge in [-0.15, -0.1) is 0 Å². The fourth-order valence-corrected chi connectivity index (χ4v) is 3.84. The lowest BCUT2D eigenvalue weighted by atomic mass is 9.87. The number of carbonyl (C=O) groups is 1. The molecule has 3 aromatic rings. The summed E-state index contributed by atoms with van der Waals surface area (Å²) in [5.41, 5.74) is 3.04. The normalized spacial score (nSPS) is 14.0. The van der Waals surface area contributed by atoms with Crippen LogP contribution in [-0.4, -0.2) is 26.5 Å². The van der Waals surface area contributed by atoms with Crippen molar-refractivity contribution in [2.75, 3.05) is 20.6 Å². The Labute approximate surface area is 165 Å². The van der Waals surface area contributed by atoms with E-state index < -0.39 is 0 Å². The van der Waals surface area contributed by atoms with E-state index in [4.69, 9.17) is 4.74 Å². The summed E-state index contributed by atoms with van der Waals surface area (Å²) in [6.45, 7) is 0.576. The van der Waals surface area contributed by atoms with Crippen LogP contribution >= 0.6 is 0 Å². The van der Waals surface area contributed by atoms with Crippen LogP contribution in [0.1, 0.15) is 28.7 Å². The zero-order valence-electron chi connectivity index (χ0n) is 16.2. The molecule has 3 aromatic carbocycles. The second kappa shape index (κ2) is 7.87. The van der Waals surface area contributed by atoms with Crippen LogP contribution in [-0.2, 0) is 4.79 Å². The van der Waals surface area contributed by atoms with Crippen molar-refractivity contribution in [3.8, 4) is 11.5 Å². The molecule has 0 unspecified atom stereocenters. The summed E-state index contributed by atoms with van der Waals surface area (Å²) in [7, 11) is 4.23. The third-order valence-corrected chi connectivity index (χ3v) is 5.32. The van der Waals surface area contributed by atoms with Crippen molar-refractivity contribution in [3.05, 3.63) is 95.6 Å². The summed E-state index contributed by atoms with van der Waals surface area (Å²) >= 11 is 0. The number of benzene rings is 3. The van der Waals surface area contributed by atoms with Crippen LogP contribution in [0.15, 0.2) is 78.9 Å². The second-order valence-electron chi connectivity index (χ2n) is 7.40. The number of likely N-dealkylation sites (N-methyl/N-ethyl adjacent to an activating group) is 1. The molecule has 0 spiro atoms. The van der Waals surface area contributed by atoms with Crippen molar-refractivity contribution in [2.45, 2.75) is 12.0 Å². The van der Waals surface area contributed by atoms with E-state index in [2.05, 4.69) is 31.5 Å². The van der Waals surface area contributed by atoms with Crippen molar-refractivity contribution in [1.82, 2.24) is 5.32 Å². The fourth-order valence-electron chi connectivity index (χ4n) is 3.84. The average Bonchev–Trinajstić information content (AvgIpc) is 2.72. The summed E-state index contributed by atoms with van der Waals surface area (Å²) in [6, 6.07) is 26.1. The smallest absolute Gasteiger partial charge is 0.232 e. The Morgan fingerprint density at radius 2 is 1.43 bits per heavy atom. The lowest BCUT2D eigenvalue weighted by Crippen LogP contribution is -3.07. The summed E-state index contributed by atoms with van der Waals surface area (Å²) in [4.78, 5) is 14.6. The number of fused-ring (bicyclic) bond motifs is 2. The predicted molar refractivity (Wildman–Crippen MR) is 110 cm³/mol. The van der Waals surface area contributed by atoms with Gasteiger partial charge >= 0.3 is 0 Å². The minimum Gasteiger partial charge on any atom is -0.457 e. The molecule has 28 heavy (non-hydrogen) atoms. The van der Waals surface area contributed by atoms with E-state index in [1.54, 1.807) is 0 Å². The van der Waals surface area contributed by atoms with E-state index >= 15 is 0 Å². The van der Waals surface area contributed by atoms with Crippen LogP contribution in [0.3, 0.4) is 0 Å². The number of ether oxygens (including phenoxy) is 1. The summed E-state index contributed by atoms with van der Waals surface area (Å²) in [5.74, 6) is 1.14. The third kappa shape index (κ3) is 3.51. The molecule has 0 saturated carbocycles. The number of rotatable bonds is 5. The van der Waals surface area contributed by atoms with E-state index in [0.717, 1.165) is 22.6 Å². The highest BCUT2D eigenvalue weighted by Gasteiger charge is 2.33. The molecule has 0 radical (unpaired) electrons. The lowest BCUT2D eigenvalue weighted by Gasteiger charge is -2.28. The first-order valence-corrected chi connectivity index (χ1v) is 9.63. The van der Waals surface area contributed by atoms with Gasteiger partial charge in [0.05, 0.1) is 26.6 Å². The minimum atomic E-state index is -0.366. The van der Waals surface area contributed by atoms with Crippen LogP contribution < -0.4 is 15.0 Å². The van der Waals surface area contributed by atoms with E-state index in [9.17, 15) is 4.79 Å². The van der Waals surface area contributed by atoms with Gasteiger partial charge in [-0.3, -0.25) is 4.79 Å². The molecule has 0 saturated heterocycles. The Balaban J connectivity index is 1.60. The SMILES string of the molecule is C[NH+](C)[C@@H](CNC(=O)C1c2ccccc2Oc2ccccc21)c1ccccc1. The third-order valence-electron chi connectivity index (χ3n) is 5.32. The number of hydrogen-bond acceptors (Lipinski definition) is 2. The first-order valence-electron chi connectivity index (χ1n) is 9.63. The average molecular weight is 373 g/mol. The molecule has 1 heterocycles. The maximum Gasteiger partial charge on any atom is 0.232 e. The van der Waals surface area contributed by atoms with Gasteiger partial charge in [-0.05, 0) is 12.1 Å². The number of amides is 1. The molecule has 4 rings (SSSR count). The Hall–Kier alpha value is -3.11. The van der Waals surface area contributed by atoms with Crippen molar-refractivity contribution in [2.24, 2.45) is 0 Å². The quantitative estimate of drug-likeness (QED) is 0.722. The van der Waals surface area contributed by atoms with Gasteiger partial charge in [-0.25, -0.2) is 0 Å². The van der Waals surface area contributed by atoms with Gasteiger partial charge < -0.3 is 15.0 Å². The Morgan fingerprint density at radius 1 is 0.893 bits per heavy atom. The van der Waals surface area contributed by atoms with Gasteiger partial charge in [0, 0.05) is 16.7 Å². The van der Waals surface area contributed by atoms with Crippen molar-refractivity contribution >= 4 is 5.91 Å². The zero-order valence-corrected chi connectivity index (χ0v) is 16.2. The molecule has 0 bridgehead atoms. The highest BCUT2D eigenvalue weighted by Crippen LogP contribution is 2.43. The van der Waals surface area contributed by atoms with Gasteiger partial charge in [0.1, 0.15) is 17.5 Å². The summed E-state index contributed by atoms with van der Waals surface area (Å²) in [5, 5.41) is 3.20. The van der Waals surface area contributed by atoms with Crippen LogP contribution in [0.25, 0.3) is 0 Å². The van der Waals surface area contributed by atoms with Gasteiger partial charge in [0.25, 0.3) is 0 Å². The summed E-state index contributed by atoms with van der Waals surface area (Å²) < 4.78 is 6.01. The largest absolute Gasteiger partial charge is 0.457 e. The van der Waals surface area contributed by atoms with Crippen LogP contribution in [0.4, 0.5) is 0 Å². The predicted octanol–water partition coefficient (Wildman–Crippen LogP) is 2.93. The molecule has 4 nitrogen and oxygen atoms in total. The summed E-state index contributed by atoms with van der Waals surface area (Å²) in [6.07, 6.45) is 0. The van der Waals surface area contributed by atoms with Gasteiger partial charge in [0.15, 0.2) is 0 Å². The highest BCUT2D eigenvalue weighted by atomic mass is 16.5. The van der Waals surface area contributed by atoms with E-state index in [-0.39, 0.29) is 17.9 Å². The number of hydrogen-bond donors (Lipinski definition) is 2. The van der Waals surface area contributed by atoms with E-state index in [0.29, 0.717) is 6.54 Å². The highest BCUT2D eigenvalue weighted by molar-refractivity contribution is 5.89. The maximum absolute atomic E-state index is 13.3. The number of nitrogens with one attached hydrogen (secondary N) is 2. The van der Waals surface area contributed by atoms with Crippen molar-refractivity contribution in [1.29, 1.82) is 0 Å². The molecule has 0 fully saturated rings. The zero-order chi connectivity index (χ0) is 19.5. The standard InChI is InChI=1S/C24H24N2O2/c1-26(2)20(17-10-4-3-5-11-17)16-25-24(27)23-18-12-6-8-14-21(18)28-22-15-9-7-13-19(22)23/h3-15,20,23H,16H2,1-2H3,(H,25,27)/p+1/t20-/m0/s1. The minimum absolute atomic E-state index is 0.00498. The first-order chi connectivity index (χ1) is 13.6. The molecule has 142 valence electrons. The molecule has 4 heteroatoms. The number of para-hydroxylation sites is 2. The van der Waals surface area contributed by atoms with Crippen LogP contribution in [0.2, 0.25) is 0 Å². The van der Waals surface area contributed by atoms with Gasteiger partial charge in [-0.2, -0.15) is 0 Å². The van der Waals surface area contributed by atoms with Crippen LogP contribution in [0.5, 0.6) is 11.5 Å². The Kier molecular flexibility index (Phi) is 5.13. The van der Waals surface area contributed by atoms with Crippen molar-refractivity contribution < 1.29 is 14.4 Å². The van der Waals surface area contributed by atoms with Crippen LogP contribution in [0, 0.1) is 0 Å². The topological polar surface area (TPSA) is 42.8 Å². The molecule has 0 aliphatic carbocycles. The molecular weight excluding hydrogens is 348 g/mol. The maximum atomic E-state index is 13.3. The lowest BCUT2D eigenvalue weighted by molar-refractivity contribution is -0.890. The van der Waals surface area contributed by atoms with Gasteiger partial charge in [0.2, 0.25) is 5.91 Å². The molecular formula is C24H25N2O2+.